The van der Waals surface area contributed by atoms with Gasteiger partial charge in [-0.2, -0.15) is 0 Å². The third-order valence-electron chi connectivity index (χ3n) is 3.35. The van der Waals surface area contributed by atoms with Crippen LogP contribution in [0.3, 0.4) is 0 Å². The maximum Gasteiger partial charge on any atom is 0.325 e. The summed E-state index contributed by atoms with van der Waals surface area (Å²) >= 11 is 0. The van der Waals surface area contributed by atoms with E-state index >= 15 is 0 Å². The molecule has 124 valence electrons. The lowest BCUT2D eigenvalue weighted by molar-refractivity contribution is -0.138. The van der Waals surface area contributed by atoms with Gasteiger partial charge in [0.2, 0.25) is 0 Å². The molecule has 2 heterocycles. The number of esters is 1. The lowest BCUT2D eigenvalue weighted by Crippen LogP contribution is -2.36. The first kappa shape index (κ1) is 17.4. The Morgan fingerprint density at radius 1 is 1.21 bits per heavy atom. The second-order valence-corrected chi connectivity index (χ2v) is 4.79. The molecule has 0 aliphatic carbocycles. The maximum atomic E-state index is 12.8. The molecule has 0 unspecified atom stereocenters. The molecule has 0 radical (unpaired) electrons. The predicted molar refractivity (Wildman–Crippen MR) is 91.3 cm³/mol. The third-order valence-corrected chi connectivity index (χ3v) is 3.35. The molecule has 2 aromatic heterocycles. The van der Waals surface area contributed by atoms with E-state index in [4.69, 9.17) is 0 Å². The van der Waals surface area contributed by atoms with Crippen molar-refractivity contribution in [3.63, 3.8) is 0 Å². The number of nitrogens with zero attached hydrogens (tertiary/aromatic N) is 3. The number of aromatic amines is 1. The first-order valence-electron chi connectivity index (χ1n) is 6.92. The van der Waals surface area contributed by atoms with Crippen LogP contribution in [0.4, 0.5) is 5.82 Å². The smallest absolute Gasteiger partial charge is 0.325 e. The molecule has 0 aliphatic heterocycles. The van der Waals surface area contributed by atoms with Crippen molar-refractivity contribution < 1.29 is 14.3 Å². The van der Waals surface area contributed by atoms with Crippen molar-refractivity contribution in [3.8, 4) is 0 Å². The maximum absolute atomic E-state index is 12.8. The number of benzene rings is 1. The highest BCUT2D eigenvalue weighted by molar-refractivity contribution is 6.09. The summed E-state index contributed by atoms with van der Waals surface area (Å²) in [5.41, 5.74) is 1.94. The standard InChI is InChI=1S/C16H14N4O3.ClH/c1-23-15(21)9-20(14-4-2-3-7-17-14)16(22)11-5-6-12-13(8-11)19-10-18-12;/h2-8,10H,9H2,1H3,(H,18,19);1H. The number of rotatable bonds is 4. The van der Waals surface area contributed by atoms with Crippen LogP contribution < -0.4 is 4.90 Å². The van der Waals surface area contributed by atoms with Gasteiger partial charge in [-0.05, 0) is 30.3 Å². The second kappa shape index (κ2) is 7.56. The van der Waals surface area contributed by atoms with Gasteiger partial charge in [0, 0.05) is 11.8 Å². The Labute approximate surface area is 144 Å². The fraction of sp³-hybridized carbons (Fsp3) is 0.125. The number of amides is 1. The first-order valence-corrected chi connectivity index (χ1v) is 6.92. The van der Waals surface area contributed by atoms with Crippen LogP contribution in [0, 0.1) is 0 Å². The lowest BCUT2D eigenvalue weighted by atomic mass is 10.1. The molecular formula is C16H15ClN4O3. The number of pyridine rings is 1. The average molecular weight is 347 g/mol. The summed E-state index contributed by atoms with van der Waals surface area (Å²) in [6.07, 6.45) is 3.12. The van der Waals surface area contributed by atoms with Gasteiger partial charge in [0.1, 0.15) is 12.4 Å². The summed E-state index contributed by atoms with van der Waals surface area (Å²) in [4.78, 5) is 36.9. The largest absolute Gasteiger partial charge is 0.468 e. The fourth-order valence-corrected chi connectivity index (χ4v) is 2.19. The summed E-state index contributed by atoms with van der Waals surface area (Å²) in [6, 6.07) is 10.2. The predicted octanol–water partition coefficient (Wildman–Crippen LogP) is 2.20. The number of hydrogen-bond donors (Lipinski definition) is 1. The van der Waals surface area contributed by atoms with Gasteiger partial charge in [0.25, 0.3) is 5.91 Å². The van der Waals surface area contributed by atoms with Gasteiger partial charge in [-0.1, -0.05) is 6.07 Å². The molecule has 8 heteroatoms. The normalized spacial score (nSPS) is 10.0. The molecule has 1 amide bonds. The van der Waals surface area contributed by atoms with E-state index in [1.807, 2.05) is 0 Å². The molecule has 0 fully saturated rings. The average Bonchev–Trinajstić information content (AvgIpc) is 3.07. The monoisotopic (exact) mass is 346 g/mol. The van der Waals surface area contributed by atoms with Crippen LogP contribution in [0.1, 0.15) is 10.4 Å². The van der Waals surface area contributed by atoms with E-state index in [1.54, 1.807) is 48.9 Å². The number of nitrogens with one attached hydrogen (secondary N) is 1. The molecule has 24 heavy (non-hydrogen) atoms. The SMILES string of the molecule is COC(=O)CN(C(=O)c1ccc2nc[nH]c2c1)c1ccccn1.Cl. The molecule has 0 saturated heterocycles. The Morgan fingerprint density at radius 2 is 2.04 bits per heavy atom. The quantitative estimate of drug-likeness (QED) is 0.732. The number of imidazole rings is 1. The van der Waals surface area contributed by atoms with Gasteiger partial charge in [0.15, 0.2) is 0 Å². The number of methoxy groups -OCH3 is 1. The molecule has 0 spiro atoms. The zero-order valence-corrected chi connectivity index (χ0v) is 13.6. The van der Waals surface area contributed by atoms with E-state index in [2.05, 4.69) is 19.7 Å². The summed E-state index contributed by atoms with van der Waals surface area (Å²) in [7, 11) is 1.28. The van der Waals surface area contributed by atoms with E-state index in [1.165, 1.54) is 12.0 Å². The van der Waals surface area contributed by atoms with Crippen molar-refractivity contribution in [1.29, 1.82) is 0 Å². The molecule has 0 aliphatic rings. The topological polar surface area (TPSA) is 88.2 Å². The van der Waals surface area contributed by atoms with Crippen LogP contribution >= 0.6 is 12.4 Å². The Hall–Kier alpha value is -2.93. The molecule has 3 aromatic rings. The van der Waals surface area contributed by atoms with Crippen molar-refractivity contribution in [3.05, 3.63) is 54.5 Å². The molecular weight excluding hydrogens is 332 g/mol. The molecule has 0 saturated carbocycles. The summed E-state index contributed by atoms with van der Waals surface area (Å²) in [5, 5.41) is 0. The summed E-state index contributed by atoms with van der Waals surface area (Å²) in [6.45, 7) is -0.215. The zero-order valence-electron chi connectivity index (χ0n) is 12.8. The van der Waals surface area contributed by atoms with Crippen LogP contribution in [0.25, 0.3) is 11.0 Å². The zero-order chi connectivity index (χ0) is 16.2. The Balaban J connectivity index is 0.00000208. The van der Waals surface area contributed by atoms with Gasteiger partial charge in [-0.25, -0.2) is 9.97 Å². The Morgan fingerprint density at radius 3 is 2.75 bits per heavy atom. The molecule has 7 nitrogen and oxygen atoms in total. The van der Waals surface area contributed by atoms with Crippen LogP contribution in [-0.2, 0) is 9.53 Å². The Bertz CT molecular complexity index is 851. The second-order valence-electron chi connectivity index (χ2n) is 4.79. The van der Waals surface area contributed by atoms with Gasteiger partial charge < -0.3 is 9.72 Å². The van der Waals surface area contributed by atoms with E-state index < -0.39 is 5.97 Å². The number of halogens is 1. The van der Waals surface area contributed by atoms with Crippen LogP contribution in [0.15, 0.2) is 48.9 Å². The number of fused-ring (bicyclic) bond motifs is 1. The highest BCUT2D eigenvalue weighted by atomic mass is 35.5. The minimum Gasteiger partial charge on any atom is -0.468 e. The van der Waals surface area contributed by atoms with E-state index in [9.17, 15) is 9.59 Å². The molecule has 1 aromatic carbocycles. The summed E-state index contributed by atoms with van der Waals surface area (Å²) < 4.78 is 4.67. The number of ether oxygens (including phenoxy) is 1. The summed E-state index contributed by atoms with van der Waals surface area (Å²) in [5.74, 6) is -0.482. The van der Waals surface area contributed by atoms with Gasteiger partial charge in [-0.3, -0.25) is 14.5 Å². The highest BCUT2D eigenvalue weighted by Gasteiger charge is 2.22. The van der Waals surface area contributed by atoms with Gasteiger partial charge in [0.05, 0.1) is 24.5 Å². The van der Waals surface area contributed by atoms with Crippen molar-refractivity contribution in [1.82, 2.24) is 15.0 Å². The molecule has 0 atom stereocenters. The number of aromatic nitrogens is 3. The number of H-pyrrole nitrogens is 1. The molecule has 1 N–H and O–H groups in total. The van der Waals surface area contributed by atoms with E-state index in [0.717, 1.165) is 11.0 Å². The van der Waals surface area contributed by atoms with Crippen molar-refractivity contribution in [2.45, 2.75) is 0 Å². The Kier molecular flexibility index (Phi) is 5.49. The highest BCUT2D eigenvalue weighted by Crippen LogP contribution is 2.17. The first-order chi connectivity index (χ1) is 11.2. The molecule has 3 rings (SSSR count). The third kappa shape index (κ3) is 3.52. The minimum atomic E-state index is -0.522. The number of carbonyl (C=O) groups excluding carboxylic acids is 2. The van der Waals surface area contributed by atoms with Crippen LogP contribution in [-0.4, -0.2) is 40.5 Å². The van der Waals surface area contributed by atoms with Crippen LogP contribution in [0.2, 0.25) is 0 Å². The minimum absolute atomic E-state index is 0. The molecule has 0 bridgehead atoms. The van der Waals surface area contributed by atoms with Crippen LogP contribution in [0.5, 0.6) is 0 Å². The van der Waals surface area contributed by atoms with E-state index in [0.29, 0.717) is 11.4 Å². The lowest BCUT2D eigenvalue weighted by Gasteiger charge is -2.20. The van der Waals surface area contributed by atoms with Crippen molar-refractivity contribution >= 4 is 41.1 Å². The number of hydrogen-bond acceptors (Lipinski definition) is 5. The number of carbonyl (C=O) groups is 2. The van der Waals surface area contributed by atoms with Gasteiger partial charge >= 0.3 is 5.97 Å². The van der Waals surface area contributed by atoms with Crippen molar-refractivity contribution in [2.24, 2.45) is 0 Å². The van der Waals surface area contributed by atoms with Gasteiger partial charge in [-0.15, -0.1) is 12.4 Å². The van der Waals surface area contributed by atoms with E-state index in [-0.39, 0.29) is 24.9 Å². The number of anilines is 1. The fourth-order valence-electron chi connectivity index (χ4n) is 2.19. The van der Waals surface area contributed by atoms with Crippen molar-refractivity contribution in [2.75, 3.05) is 18.6 Å².